The van der Waals surface area contributed by atoms with Gasteiger partial charge in [-0.1, -0.05) is 6.42 Å². The molecule has 6 heteroatoms. The van der Waals surface area contributed by atoms with E-state index in [9.17, 15) is 4.79 Å². The van der Waals surface area contributed by atoms with Gasteiger partial charge in [0.25, 0.3) is 5.91 Å². The highest BCUT2D eigenvalue weighted by atomic mass is 16.4. The van der Waals surface area contributed by atoms with Crippen molar-refractivity contribution in [3.8, 4) is 11.5 Å². The topological polar surface area (TPSA) is 71.3 Å². The minimum Gasteiger partial charge on any atom is -0.423 e. The maximum atomic E-state index is 12.2. The minimum absolute atomic E-state index is 0.0428. The fourth-order valence-corrected chi connectivity index (χ4v) is 3.14. The smallest absolute Gasteiger partial charge is 0.251 e. The number of amides is 1. The van der Waals surface area contributed by atoms with E-state index in [1.165, 1.54) is 32.2 Å². The molecule has 0 spiro atoms. The number of rotatable bonds is 6. The van der Waals surface area contributed by atoms with Crippen molar-refractivity contribution in [3.05, 3.63) is 36.2 Å². The third-order valence-corrected chi connectivity index (χ3v) is 4.60. The lowest BCUT2D eigenvalue weighted by Crippen LogP contribution is -2.39. The van der Waals surface area contributed by atoms with Gasteiger partial charge in [-0.3, -0.25) is 4.79 Å². The standard InChI is InChI=1S/C18H24N4O2/c1-14-5-2-3-11-22(14)12-4-10-19-17(23)15-6-8-16(9-7-15)18-21-20-13-24-18/h6-9,13-14H,2-5,10-12H2,1H3,(H,19,23)/t14-/m0/s1. The molecule has 1 atom stereocenters. The molecule has 1 fully saturated rings. The molecule has 1 saturated heterocycles. The summed E-state index contributed by atoms with van der Waals surface area (Å²) in [6, 6.07) is 7.87. The predicted molar refractivity (Wildman–Crippen MR) is 91.6 cm³/mol. The number of aromatic nitrogens is 2. The number of hydrogen-bond acceptors (Lipinski definition) is 5. The second-order valence-electron chi connectivity index (χ2n) is 6.31. The maximum Gasteiger partial charge on any atom is 0.251 e. The van der Waals surface area contributed by atoms with Gasteiger partial charge in [0, 0.05) is 30.3 Å². The Morgan fingerprint density at radius 1 is 1.33 bits per heavy atom. The fourth-order valence-electron chi connectivity index (χ4n) is 3.14. The lowest BCUT2D eigenvalue weighted by Gasteiger charge is -2.33. The number of carbonyl (C=O) groups is 1. The monoisotopic (exact) mass is 328 g/mol. The molecular formula is C18H24N4O2. The molecule has 3 rings (SSSR count). The molecule has 0 radical (unpaired) electrons. The number of hydrogen-bond donors (Lipinski definition) is 1. The van der Waals surface area contributed by atoms with Gasteiger partial charge in [-0.2, -0.15) is 0 Å². The first-order chi connectivity index (χ1) is 11.7. The molecule has 6 nitrogen and oxygen atoms in total. The molecule has 0 bridgehead atoms. The van der Waals surface area contributed by atoms with Crippen LogP contribution in [0.5, 0.6) is 0 Å². The van der Waals surface area contributed by atoms with Gasteiger partial charge in [-0.15, -0.1) is 10.2 Å². The van der Waals surface area contributed by atoms with E-state index >= 15 is 0 Å². The van der Waals surface area contributed by atoms with Crippen LogP contribution in [0.4, 0.5) is 0 Å². The van der Waals surface area contributed by atoms with Gasteiger partial charge in [0.1, 0.15) is 0 Å². The van der Waals surface area contributed by atoms with Crippen LogP contribution in [0.15, 0.2) is 35.1 Å². The maximum absolute atomic E-state index is 12.2. The largest absolute Gasteiger partial charge is 0.423 e. The third-order valence-electron chi connectivity index (χ3n) is 4.60. The highest BCUT2D eigenvalue weighted by molar-refractivity contribution is 5.94. The molecule has 0 aliphatic carbocycles. The first-order valence-corrected chi connectivity index (χ1v) is 8.63. The number of piperidine rings is 1. The van der Waals surface area contributed by atoms with Gasteiger partial charge in [-0.05, 0) is 57.0 Å². The zero-order valence-corrected chi connectivity index (χ0v) is 14.1. The lowest BCUT2D eigenvalue weighted by molar-refractivity contribution is 0.0949. The van der Waals surface area contributed by atoms with Crippen LogP contribution in [0.25, 0.3) is 11.5 Å². The van der Waals surface area contributed by atoms with Crippen LogP contribution in [0, 0.1) is 0 Å². The zero-order valence-electron chi connectivity index (χ0n) is 14.1. The highest BCUT2D eigenvalue weighted by Crippen LogP contribution is 2.17. The summed E-state index contributed by atoms with van der Waals surface area (Å²) < 4.78 is 5.14. The number of likely N-dealkylation sites (tertiary alicyclic amines) is 1. The molecular weight excluding hydrogens is 304 g/mol. The van der Waals surface area contributed by atoms with E-state index in [2.05, 4.69) is 27.3 Å². The van der Waals surface area contributed by atoms with E-state index in [0.29, 0.717) is 24.0 Å². The quantitative estimate of drug-likeness (QED) is 0.826. The van der Waals surface area contributed by atoms with E-state index in [1.54, 1.807) is 12.1 Å². The number of nitrogens with one attached hydrogen (secondary N) is 1. The molecule has 0 unspecified atom stereocenters. The second-order valence-corrected chi connectivity index (χ2v) is 6.31. The van der Waals surface area contributed by atoms with Crippen molar-refractivity contribution in [2.24, 2.45) is 0 Å². The van der Waals surface area contributed by atoms with Crippen LogP contribution in [0.2, 0.25) is 0 Å². The van der Waals surface area contributed by atoms with Crippen LogP contribution >= 0.6 is 0 Å². The van der Waals surface area contributed by atoms with Crippen molar-refractivity contribution in [2.75, 3.05) is 19.6 Å². The summed E-state index contributed by atoms with van der Waals surface area (Å²) in [6.45, 7) is 5.24. The highest BCUT2D eigenvalue weighted by Gasteiger charge is 2.17. The summed E-state index contributed by atoms with van der Waals surface area (Å²) in [5, 5.41) is 10.5. The summed E-state index contributed by atoms with van der Waals surface area (Å²) in [4.78, 5) is 14.7. The van der Waals surface area contributed by atoms with Crippen molar-refractivity contribution in [3.63, 3.8) is 0 Å². The third kappa shape index (κ3) is 4.20. The Morgan fingerprint density at radius 2 is 2.17 bits per heavy atom. The minimum atomic E-state index is -0.0428. The molecule has 1 aliphatic heterocycles. The molecule has 2 aromatic rings. The van der Waals surface area contributed by atoms with Crippen molar-refractivity contribution in [2.45, 2.75) is 38.6 Å². The molecule has 2 heterocycles. The van der Waals surface area contributed by atoms with Crippen LogP contribution in [0.3, 0.4) is 0 Å². The predicted octanol–water partition coefficient (Wildman–Crippen LogP) is 2.73. The zero-order chi connectivity index (χ0) is 16.8. The summed E-state index contributed by atoms with van der Waals surface area (Å²) in [7, 11) is 0. The summed E-state index contributed by atoms with van der Waals surface area (Å²) in [5.41, 5.74) is 1.45. The lowest BCUT2D eigenvalue weighted by atomic mass is 10.0. The average molecular weight is 328 g/mol. The van der Waals surface area contributed by atoms with E-state index < -0.39 is 0 Å². The average Bonchev–Trinajstić information content (AvgIpc) is 3.15. The van der Waals surface area contributed by atoms with Crippen molar-refractivity contribution < 1.29 is 9.21 Å². The molecule has 1 amide bonds. The molecule has 128 valence electrons. The molecule has 1 aromatic carbocycles. The molecule has 1 aromatic heterocycles. The van der Waals surface area contributed by atoms with Crippen molar-refractivity contribution in [1.82, 2.24) is 20.4 Å². The van der Waals surface area contributed by atoms with Crippen molar-refractivity contribution >= 4 is 5.91 Å². The van der Waals surface area contributed by atoms with Gasteiger partial charge in [-0.25, -0.2) is 0 Å². The van der Waals surface area contributed by atoms with Gasteiger partial charge in [0.05, 0.1) is 0 Å². The van der Waals surface area contributed by atoms with Crippen LogP contribution < -0.4 is 5.32 Å². The molecule has 0 saturated carbocycles. The molecule has 24 heavy (non-hydrogen) atoms. The number of carbonyl (C=O) groups excluding carboxylic acids is 1. The van der Waals surface area contributed by atoms with Crippen LogP contribution in [-0.4, -0.2) is 46.7 Å². The van der Waals surface area contributed by atoms with E-state index in [-0.39, 0.29) is 5.91 Å². The number of benzene rings is 1. The van der Waals surface area contributed by atoms with Crippen molar-refractivity contribution in [1.29, 1.82) is 0 Å². The Balaban J connectivity index is 1.43. The normalized spacial score (nSPS) is 18.5. The van der Waals surface area contributed by atoms with E-state index in [0.717, 1.165) is 18.5 Å². The van der Waals surface area contributed by atoms with Crippen LogP contribution in [0.1, 0.15) is 43.0 Å². The summed E-state index contributed by atoms with van der Waals surface area (Å²) >= 11 is 0. The first kappa shape index (κ1) is 16.6. The fraction of sp³-hybridized carbons (Fsp3) is 0.500. The van der Waals surface area contributed by atoms with Gasteiger partial charge in [0.15, 0.2) is 0 Å². The number of nitrogens with zero attached hydrogens (tertiary/aromatic N) is 3. The van der Waals surface area contributed by atoms with E-state index in [4.69, 9.17) is 4.42 Å². The van der Waals surface area contributed by atoms with Gasteiger partial charge in [0.2, 0.25) is 12.3 Å². The van der Waals surface area contributed by atoms with Gasteiger partial charge >= 0.3 is 0 Å². The Bertz CT molecular complexity index is 640. The Kier molecular flexibility index (Phi) is 5.59. The van der Waals surface area contributed by atoms with Crippen LogP contribution in [-0.2, 0) is 0 Å². The first-order valence-electron chi connectivity index (χ1n) is 8.63. The Hall–Kier alpha value is -2.21. The molecule has 1 N–H and O–H groups in total. The van der Waals surface area contributed by atoms with E-state index in [1.807, 2.05) is 12.1 Å². The summed E-state index contributed by atoms with van der Waals surface area (Å²) in [5.74, 6) is 0.413. The Morgan fingerprint density at radius 3 is 2.88 bits per heavy atom. The van der Waals surface area contributed by atoms with Gasteiger partial charge < -0.3 is 14.6 Å². The Labute approximate surface area is 142 Å². The molecule has 1 aliphatic rings. The summed E-state index contributed by atoms with van der Waals surface area (Å²) in [6.07, 6.45) is 6.20. The SMILES string of the molecule is C[C@H]1CCCCN1CCCNC(=O)c1ccc(-c2nnco2)cc1. The second kappa shape index (κ2) is 8.06.